The number of hydrogen-bond acceptors (Lipinski definition) is 0. The van der Waals surface area contributed by atoms with Gasteiger partial charge in [0.25, 0.3) is 0 Å². The molecular weight excluding hydrogens is 74.0 g/mol. The van der Waals surface area contributed by atoms with E-state index in [9.17, 15) is 0 Å². The Kier molecular flexibility index (Phi) is 47.4. The minimum absolute atomic E-state index is 0. The minimum Gasteiger partial charge on any atom is -0.343 e. The van der Waals surface area contributed by atoms with Gasteiger partial charge in [-0.05, 0) is 0 Å². The van der Waals surface area contributed by atoms with E-state index in [1.54, 1.807) is 0 Å². The second-order valence-electron chi connectivity index (χ2n) is 0.854. The quantitative estimate of drug-likeness (QED) is 0.276. The summed E-state index contributed by atoms with van der Waals surface area (Å²) in [5.74, 6) is 0. The normalized spacial score (nSPS) is 5.00. The van der Waals surface area contributed by atoms with Gasteiger partial charge in [0.2, 0.25) is 0 Å². The first-order valence-electron chi connectivity index (χ1n) is 1.71. The van der Waals surface area contributed by atoms with E-state index in [0.29, 0.717) is 0 Å². The monoisotopic (exact) mass is 84.1 g/mol. The molecule has 0 fully saturated rings. The zero-order valence-electron chi connectivity index (χ0n) is 4.53. The molecule has 0 aliphatic carbocycles. The van der Waals surface area contributed by atoms with E-state index < -0.39 is 0 Å². The molecule has 0 radical (unpaired) electrons. The summed E-state index contributed by atoms with van der Waals surface area (Å²) in [7, 11) is 0. The average molecular weight is 84.1 g/mol. The summed E-state index contributed by atoms with van der Waals surface area (Å²) in [6.07, 6.45) is 2.28. The standard InChI is InChI=1S/C4H9.FH.Li/c1-3-4-2;;/h1,3-4H2,2H3;1H;/q-1;;+1. The van der Waals surface area contributed by atoms with Gasteiger partial charge < -0.3 is 6.92 Å². The van der Waals surface area contributed by atoms with Gasteiger partial charge in [-0.15, -0.1) is 0 Å². The van der Waals surface area contributed by atoms with Crippen LogP contribution < -0.4 is 18.9 Å². The molecule has 0 nitrogen and oxygen atoms in total. The molecule has 0 amide bonds. The summed E-state index contributed by atoms with van der Waals surface area (Å²) in [5, 5.41) is 0. The van der Waals surface area contributed by atoms with Gasteiger partial charge in [0.15, 0.2) is 0 Å². The Bertz CT molecular complexity index is 9.51. The first-order valence-corrected chi connectivity index (χ1v) is 1.71. The van der Waals surface area contributed by atoms with Gasteiger partial charge in [-0.3, -0.25) is 4.70 Å². The van der Waals surface area contributed by atoms with Crippen molar-refractivity contribution in [2.75, 3.05) is 0 Å². The van der Waals surface area contributed by atoms with Gasteiger partial charge in [0.05, 0.1) is 0 Å². The van der Waals surface area contributed by atoms with Crippen LogP contribution in [0.25, 0.3) is 0 Å². The zero-order valence-corrected chi connectivity index (χ0v) is 4.53. The summed E-state index contributed by atoms with van der Waals surface area (Å²) in [6.45, 7) is 5.72. The molecule has 0 atom stereocenters. The Hall–Kier alpha value is 0.527. The van der Waals surface area contributed by atoms with Crippen molar-refractivity contribution in [2.45, 2.75) is 19.8 Å². The third-order valence-corrected chi connectivity index (χ3v) is 0.354. The Morgan fingerprint density at radius 3 is 1.67 bits per heavy atom. The fourth-order valence-electron chi connectivity index (χ4n) is 0. The van der Waals surface area contributed by atoms with Gasteiger partial charge in [-0.2, -0.15) is 6.42 Å². The smallest absolute Gasteiger partial charge is 0.343 e. The van der Waals surface area contributed by atoms with Crippen molar-refractivity contribution in [3.8, 4) is 0 Å². The number of unbranched alkanes of at least 4 members (excludes halogenated alkanes) is 1. The molecule has 0 saturated heterocycles. The topological polar surface area (TPSA) is 0 Å². The van der Waals surface area contributed by atoms with Crippen molar-refractivity contribution in [3.05, 3.63) is 6.92 Å². The molecule has 0 bridgehead atoms. The summed E-state index contributed by atoms with van der Waals surface area (Å²) in [5.41, 5.74) is 0. The predicted molar refractivity (Wildman–Crippen MR) is 22.8 cm³/mol. The molecule has 0 unspecified atom stereocenters. The predicted octanol–water partition coefficient (Wildman–Crippen LogP) is -1.22. The first kappa shape index (κ1) is 16.0. The number of rotatable bonds is 1. The SMILES string of the molecule is F.[CH2-]CCC.[Li+]. The van der Waals surface area contributed by atoms with Crippen molar-refractivity contribution >= 4 is 0 Å². The largest absolute Gasteiger partial charge is 1.00 e. The Morgan fingerprint density at radius 1 is 1.50 bits per heavy atom. The second kappa shape index (κ2) is 17.7. The molecule has 0 aromatic carbocycles. The molecule has 0 aliphatic rings. The molecule has 0 spiro atoms. The van der Waals surface area contributed by atoms with Crippen LogP contribution in [0.4, 0.5) is 4.70 Å². The minimum atomic E-state index is 0. The molecule has 6 heavy (non-hydrogen) atoms. The summed E-state index contributed by atoms with van der Waals surface area (Å²) in [6, 6.07) is 0. The van der Waals surface area contributed by atoms with Crippen molar-refractivity contribution in [1.29, 1.82) is 0 Å². The molecule has 0 aromatic rings. The fraction of sp³-hybridized carbons (Fsp3) is 0.750. The van der Waals surface area contributed by atoms with Gasteiger partial charge in [-0.25, -0.2) is 0 Å². The zero-order chi connectivity index (χ0) is 3.41. The molecule has 0 rings (SSSR count). The number of hydrogen-bond donors (Lipinski definition) is 0. The molecule has 34 valence electrons. The molecule has 2 heteroatoms. The van der Waals surface area contributed by atoms with Crippen LogP contribution in [0.1, 0.15) is 19.8 Å². The molecular formula is C4H10FLi. The van der Waals surface area contributed by atoms with Crippen molar-refractivity contribution in [1.82, 2.24) is 0 Å². The van der Waals surface area contributed by atoms with Crippen LogP contribution in [-0.4, -0.2) is 0 Å². The van der Waals surface area contributed by atoms with Crippen LogP contribution in [0.2, 0.25) is 0 Å². The van der Waals surface area contributed by atoms with Crippen LogP contribution >= 0.6 is 0 Å². The van der Waals surface area contributed by atoms with Gasteiger partial charge in [-0.1, -0.05) is 13.3 Å². The third-order valence-electron chi connectivity index (χ3n) is 0.354. The Balaban J connectivity index is -0.0000000450. The Labute approximate surface area is 50.9 Å². The van der Waals surface area contributed by atoms with Crippen molar-refractivity contribution in [3.63, 3.8) is 0 Å². The second-order valence-corrected chi connectivity index (χ2v) is 0.854. The maximum Gasteiger partial charge on any atom is 1.00 e. The van der Waals surface area contributed by atoms with Gasteiger partial charge >= 0.3 is 18.9 Å². The van der Waals surface area contributed by atoms with E-state index in [-0.39, 0.29) is 23.6 Å². The van der Waals surface area contributed by atoms with E-state index in [1.807, 2.05) is 0 Å². The summed E-state index contributed by atoms with van der Waals surface area (Å²) in [4.78, 5) is 0. The van der Waals surface area contributed by atoms with E-state index in [2.05, 4.69) is 13.8 Å². The van der Waals surface area contributed by atoms with Crippen molar-refractivity contribution in [2.24, 2.45) is 0 Å². The summed E-state index contributed by atoms with van der Waals surface area (Å²) < 4.78 is 0. The van der Waals surface area contributed by atoms with E-state index >= 15 is 0 Å². The van der Waals surface area contributed by atoms with Gasteiger partial charge in [0, 0.05) is 0 Å². The molecule has 0 N–H and O–H groups in total. The number of halogens is 1. The van der Waals surface area contributed by atoms with Gasteiger partial charge in [0.1, 0.15) is 0 Å². The van der Waals surface area contributed by atoms with Crippen LogP contribution in [0.5, 0.6) is 0 Å². The van der Waals surface area contributed by atoms with E-state index in [4.69, 9.17) is 0 Å². The fourth-order valence-corrected chi connectivity index (χ4v) is 0. The van der Waals surface area contributed by atoms with E-state index in [0.717, 1.165) is 6.42 Å². The first-order chi connectivity index (χ1) is 1.91. The van der Waals surface area contributed by atoms with Crippen LogP contribution in [0.15, 0.2) is 0 Å². The molecule has 0 heterocycles. The third kappa shape index (κ3) is 24.1. The molecule has 0 aliphatic heterocycles. The van der Waals surface area contributed by atoms with Crippen molar-refractivity contribution < 1.29 is 23.6 Å². The Morgan fingerprint density at radius 2 is 1.67 bits per heavy atom. The maximum atomic E-state index is 3.60. The summed E-state index contributed by atoms with van der Waals surface area (Å²) >= 11 is 0. The maximum absolute atomic E-state index is 3.60. The van der Waals surface area contributed by atoms with E-state index in [1.165, 1.54) is 6.42 Å². The van der Waals surface area contributed by atoms with Crippen LogP contribution in [0, 0.1) is 6.92 Å². The van der Waals surface area contributed by atoms with Crippen LogP contribution in [-0.2, 0) is 0 Å². The average Bonchev–Trinajstić information content (AvgIpc) is 1.37. The van der Waals surface area contributed by atoms with Crippen LogP contribution in [0.3, 0.4) is 0 Å². The molecule has 0 aromatic heterocycles. The molecule has 0 saturated carbocycles.